The second-order valence-electron chi connectivity index (χ2n) is 18.9. The number of rotatable bonds is 6. The summed E-state index contributed by atoms with van der Waals surface area (Å²) >= 11 is 5.40. The Morgan fingerprint density at radius 1 is 0.800 bits per heavy atom. The average molecular weight is 918 g/mol. The molecule has 0 radical (unpaired) electrons. The van der Waals surface area contributed by atoms with Crippen LogP contribution in [0.3, 0.4) is 0 Å². The molecule has 3 N–H and O–H groups in total. The van der Waals surface area contributed by atoms with E-state index in [4.69, 9.17) is 21.1 Å². The quantitative estimate of drug-likeness (QED) is 0.107. The second kappa shape index (κ2) is 19.1. The van der Waals surface area contributed by atoms with Crippen molar-refractivity contribution in [3.63, 3.8) is 0 Å². The molecule has 3 aromatic heterocycles. The fraction of sp³-hybridized carbons (Fsp3) is 0.500. The third kappa shape index (κ3) is 11.2. The number of ether oxygens (including phenoxy) is 2. The maximum atomic E-state index is 15.3. The number of nitrogens with one attached hydrogen (secondary N) is 3. The molecule has 0 unspecified atom stereocenters. The first kappa shape index (κ1) is 46.8. The molecule has 2 saturated heterocycles. The van der Waals surface area contributed by atoms with Crippen molar-refractivity contribution in [2.75, 3.05) is 45.8 Å². The summed E-state index contributed by atoms with van der Waals surface area (Å²) in [6.07, 6.45) is 7.47. The van der Waals surface area contributed by atoms with E-state index in [0.29, 0.717) is 86.1 Å². The number of benzene rings is 1. The highest BCUT2D eigenvalue weighted by atomic mass is 35.5. The van der Waals surface area contributed by atoms with E-state index in [1.165, 1.54) is 12.1 Å². The van der Waals surface area contributed by atoms with Gasteiger partial charge in [0, 0.05) is 82.2 Å². The van der Waals surface area contributed by atoms with Gasteiger partial charge in [0.2, 0.25) is 0 Å². The lowest BCUT2D eigenvalue weighted by atomic mass is 9.97. The van der Waals surface area contributed by atoms with Crippen LogP contribution in [0.2, 0.25) is 0 Å². The van der Waals surface area contributed by atoms with Crippen LogP contribution < -0.4 is 16.0 Å². The zero-order valence-corrected chi connectivity index (χ0v) is 38.4. The number of likely N-dealkylation sites (tertiary alicyclic amines) is 2. The molecule has 0 aliphatic carbocycles. The molecule has 0 saturated carbocycles. The molecular formula is C46H57ClFN9O8. The van der Waals surface area contributed by atoms with E-state index in [-0.39, 0.29) is 29.6 Å². The van der Waals surface area contributed by atoms with Crippen molar-refractivity contribution in [1.29, 1.82) is 0 Å². The molecule has 2 fully saturated rings. The van der Waals surface area contributed by atoms with E-state index >= 15 is 4.39 Å². The van der Waals surface area contributed by atoms with Crippen molar-refractivity contribution in [3.8, 4) is 0 Å². The normalized spacial score (nSPS) is 17.4. The van der Waals surface area contributed by atoms with Gasteiger partial charge in [-0.2, -0.15) is 0 Å². The number of fused-ring (bicyclic) bond motifs is 1. The minimum atomic E-state index is -0.566. The Morgan fingerprint density at radius 3 is 1.97 bits per heavy atom. The molecule has 65 heavy (non-hydrogen) atoms. The summed E-state index contributed by atoms with van der Waals surface area (Å²) in [6.45, 7) is 15.4. The maximum absolute atomic E-state index is 15.3. The van der Waals surface area contributed by atoms with Crippen molar-refractivity contribution in [3.05, 3.63) is 71.6 Å². The Balaban J connectivity index is 0.000000295. The highest BCUT2D eigenvalue weighted by Gasteiger charge is 2.37. The molecule has 8 rings (SSSR count). The lowest BCUT2D eigenvalue weighted by Gasteiger charge is -2.35. The first-order valence-corrected chi connectivity index (χ1v) is 22.4. The number of piperidine rings is 2. The number of carbonyl (C=O) groups is 6. The summed E-state index contributed by atoms with van der Waals surface area (Å²) in [7, 11) is 0. The van der Waals surface area contributed by atoms with Gasteiger partial charge in [0.15, 0.2) is 0 Å². The van der Waals surface area contributed by atoms with Gasteiger partial charge in [0.1, 0.15) is 22.7 Å². The molecule has 7 heterocycles. The third-order valence-electron chi connectivity index (χ3n) is 11.7. The van der Waals surface area contributed by atoms with Gasteiger partial charge in [-0.15, -0.1) is 0 Å². The van der Waals surface area contributed by atoms with E-state index in [1.54, 1.807) is 38.9 Å². The van der Waals surface area contributed by atoms with Gasteiger partial charge in [0.05, 0.1) is 28.6 Å². The van der Waals surface area contributed by atoms with Gasteiger partial charge in [-0.25, -0.2) is 23.8 Å². The Morgan fingerprint density at radius 2 is 1.38 bits per heavy atom. The van der Waals surface area contributed by atoms with E-state index < -0.39 is 46.4 Å². The zero-order valence-electron chi connectivity index (χ0n) is 37.7. The maximum Gasteiger partial charge on any atom is 0.407 e. The number of hydrogen-bond donors (Lipinski definition) is 3. The third-order valence-corrected chi connectivity index (χ3v) is 12.0. The molecule has 19 heteroatoms. The number of carbonyl (C=O) groups excluding carboxylic acids is 6. The number of pyridine rings is 1. The Labute approximate surface area is 381 Å². The van der Waals surface area contributed by atoms with Crippen LogP contribution in [0.5, 0.6) is 0 Å². The topological polar surface area (TPSA) is 189 Å². The van der Waals surface area contributed by atoms with E-state index in [0.717, 1.165) is 31.2 Å². The van der Waals surface area contributed by atoms with Gasteiger partial charge in [-0.1, -0.05) is 6.07 Å². The van der Waals surface area contributed by atoms with Crippen molar-refractivity contribution in [2.24, 2.45) is 11.8 Å². The highest BCUT2D eigenvalue weighted by molar-refractivity contribution is 6.62. The number of imide groups is 1. The monoisotopic (exact) mass is 917 g/mol. The predicted molar refractivity (Wildman–Crippen MR) is 241 cm³/mol. The number of amides is 7. The first-order chi connectivity index (χ1) is 30.7. The summed E-state index contributed by atoms with van der Waals surface area (Å²) in [6, 6.07) is 8.14. The number of alkyl carbamates (subject to hydrolysis) is 2. The Kier molecular flexibility index (Phi) is 13.8. The molecule has 4 aromatic rings. The molecule has 1 aromatic carbocycles. The van der Waals surface area contributed by atoms with E-state index in [1.807, 2.05) is 63.1 Å². The molecule has 0 bridgehead atoms. The number of aromatic nitrogens is 3. The van der Waals surface area contributed by atoms with Crippen molar-refractivity contribution in [2.45, 2.75) is 91.5 Å². The molecular weight excluding hydrogens is 861 g/mol. The van der Waals surface area contributed by atoms with Crippen LogP contribution in [0.4, 0.5) is 23.6 Å². The number of nitrogens with zero attached hydrogens (tertiary/aromatic N) is 6. The van der Waals surface area contributed by atoms with E-state index in [9.17, 15) is 28.8 Å². The summed E-state index contributed by atoms with van der Waals surface area (Å²) in [5.74, 6) is -0.983. The fourth-order valence-corrected chi connectivity index (χ4v) is 8.83. The largest absolute Gasteiger partial charge is 0.444 e. The standard InChI is InChI=1S/C34H36FN7O5.C12H21ClN2O3/c1-34(2,3)47-32(45)37-16-20-7-10-39(11-8-20)33(46)41-13-12-40-19-24(23-15-22(35)14-21(18-41)29(23)40)27-28(31(44)38-30(27)43)25-17-36-26-6-4-5-9-42(25)26;1-12(2,3)18-11(17)14-8-9-4-6-15(7-5-9)10(13)16/h4-6,9,14-15,17,19-20H,7-8,10-13,16,18H2,1-3H3,(H,37,45)(H,38,43,44);9H,4-8H2,1-3H3,(H,14,17). The molecule has 4 aliphatic rings. The van der Waals surface area contributed by atoms with Crippen LogP contribution in [0.1, 0.15) is 84.0 Å². The van der Waals surface area contributed by atoms with Gasteiger partial charge in [-0.3, -0.25) is 24.1 Å². The van der Waals surface area contributed by atoms with Crippen LogP contribution in [0.15, 0.2) is 48.9 Å². The van der Waals surface area contributed by atoms with Gasteiger partial charge in [0.25, 0.3) is 11.8 Å². The van der Waals surface area contributed by atoms with Crippen molar-refractivity contribution < 1.29 is 42.6 Å². The van der Waals surface area contributed by atoms with Crippen LogP contribution in [0.25, 0.3) is 27.7 Å². The van der Waals surface area contributed by atoms with Crippen LogP contribution in [-0.2, 0) is 32.2 Å². The van der Waals surface area contributed by atoms with Crippen LogP contribution >= 0.6 is 11.6 Å². The summed E-state index contributed by atoms with van der Waals surface area (Å²) in [4.78, 5) is 84.1. The molecule has 7 amide bonds. The van der Waals surface area contributed by atoms with Crippen molar-refractivity contribution in [1.82, 2.24) is 44.6 Å². The van der Waals surface area contributed by atoms with Crippen molar-refractivity contribution >= 4 is 74.7 Å². The fourth-order valence-electron chi connectivity index (χ4n) is 8.66. The van der Waals surface area contributed by atoms with Gasteiger partial charge in [-0.05, 0) is 120 Å². The Hall–Kier alpha value is -6.17. The van der Waals surface area contributed by atoms with Crippen LogP contribution in [0, 0.1) is 17.7 Å². The SMILES string of the molecule is CC(C)(C)OC(=O)NCC1CCN(C(=O)Cl)CC1.CC(C)(C)OC(=O)NCC1CCN(C(=O)N2CCn3cc(C4=C(c5cnc6ccccn56)C(=O)NC4=O)c4cc(F)cc(c43)C2)CC1. The van der Waals surface area contributed by atoms with Gasteiger partial charge >= 0.3 is 23.6 Å². The number of imidazole rings is 1. The Bertz CT molecular complexity index is 2520. The predicted octanol–water partition coefficient (Wildman–Crippen LogP) is 6.75. The summed E-state index contributed by atoms with van der Waals surface area (Å²) in [5, 5.41) is 8.11. The number of urea groups is 1. The highest BCUT2D eigenvalue weighted by Crippen LogP contribution is 2.39. The smallest absolute Gasteiger partial charge is 0.407 e. The summed E-state index contributed by atoms with van der Waals surface area (Å²) < 4.78 is 29.4. The molecule has 4 aliphatic heterocycles. The molecule has 17 nitrogen and oxygen atoms in total. The minimum absolute atomic E-state index is 0.120. The zero-order chi connectivity index (χ0) is 46.8. The van der Waals surface area contributed by atoms with Crippen LogP contribution in [-0.4, -0.2) is 121 Å². The number of halogens is 2. The molecule has 0 spiro atoms. The van der Waals surface area contributed by atoms with E-state index in [2.05, 4.69) is 20.9 Å². The lowest BCUT2D eigenvalue weighted by molar-refractivity contribution is -0.122. The second-order valence-corrected chi connectivity index (χ2v) is 19.2. The molecule has 348 valence electrons. The minimum Gasteiger partial charge on any atom is -0.444 e. The first-order valence-electron chi connectivity index (χ1n) is 22.0. The van der Waals surface area contributed by atoms with Gasteiger partial charge < -0.3 is 39.4 Å². The average Bonchev–Trinajstić information content (AvgIpc) is 3.87. The molecule has 0 atom stereocenters. The summed E-state index contributed by atoms with van der Waals surface area (Å²) in [5.41, 5.74) is 2.18. The lowest BCUT2D eigenvalue weighted by Crippen LogP contribution is -2.48. The number of hydrogen-bond acceptors (Lipinski definition) is 9.